The molecule has 1 aliphatic rings. The number of carbonyl (C=O) groups excluding carboxylic acids is 1. The van der Waals surface area contributed by atoms with Crippen LogP contribution in [0.2, 0.25) is 0 Å². The van der Waals surface area contributed by atoms with Gasteiger partial charge < -0.3 is 14.8 Å². The van der Waals surface area contributed by atoms with E-state index >= 15 is 4.39 Å². The summed E-state index contributed by atoms with van der Waals surface area (Å²) in [5, 5.41) is 0. The van der Waals surface area contributed by atoms with E-state index in [9.17, 15) is 4.79 Å². The van der Waals surface area contributed by atoms with Gasteiger partial charge in [-0.1, -0.05) is 18.7 Å². The van der Waals surface area contributed by atoms with E-state index in [1.54, 1.807) is 29.3 Å². The number of nitrogens with one attached hydrogen (secondary N) is 1. The molecule has 0 atom stereocenters. The van der Waals surface area contributed by atoms with Crippen molar-refractivity contribution in [2.75, 3.05) is 20.1 Å². The maximum absolute atomic E-state index is 15.0. The first-order valence-corrected chi connectivity index (χ1v) is 11.5. The van der Waals surface area contributed by atoms with Gasteiger partial charge in [0.15, 0.2) is 0 Å². The van der Waals surface area contributed by atoms with E-state index in [1.165, 1.54) is 12.4 Å². The lowest BCUT2D eigenvalue weighted by atomic mass is 9.98. The second-order valence-corrected chi connectivity index (χ2v) is 8.73. The molecule has 6 nitrogen and oxygen atoms in total. The number of H-pyrrole nitrogens is 1. The van der Waals surface area contributed by atoms with Gasteiger partial charge in [0.1, 0.15) is 17.8 Å². The monoisotopic (exact) mass is 459 g/mol. The zero-order valence-corrected chi connectivity index (χ0v) is 19.7. The largest absolute Gasteiger partial charge is 0.365 e. The maximum Gasteiger partial charge on any atom is 0.273 e. The van der Waals surface area contributed by atoms with Crippen molar-refractivity contribution < 1.29 is 9.18 Å². The third kappa shape index (κ3) is 5.31. The predicted molar refractivity (Wildman–Crippen MR) is 132 cm³/mol. The normalized spacial score (nSPS) is 15.3. The zero-order valence-electron chi connectivity index (χ0n) is 19.7. The van der Waals surface area contributed by atoms with Crippen LogP contribution in [0, 0.1) is 12.7 Å². The fourth-order valence-corrected chi connectivity index (χ4v) is 4.35. The summed E-state index contributed by atoms with van der Waals surface area (Å²) in [5.41, 5.74) is 4.62. The molecular formula is C27H30FN5O. The minimum atomic E-state index is -0.335. The molecule has 3 aromatic rings. The van der Waals surface area contributed by atoms with Crippen LogP contribution in [0.3, 0.4) is 0 Å². The smallest absolute Gasteiger partial charge is 0.273 e. The number of benzene rings is 1. The predicted octanol–water partition coefficient (Wildman–Crippen LogP) is 4.72. The molecule has 0 radical (unpaired) electrons. The van der Waals surface area contributed by atoms with Crippen molar-refractivity contribution in [2.24, 2.45) is 0 Å². The molecule has 2 aromatic heterocycles. The number of aryl methyl sites for hydroxylation is 1. The van der Waals surface area contributed by atoms with Crippen LogP contribution in [0.5, 0.6) is 0 Å². The average Bonchev–Trinajstić information content (AvgIpc) is 3.27. The van der Waals surface area contributed by atoms with Crippen molar-refractivity contribution in [2.45, 2.75) is 32.4 Å². The molecule has 7 heteroatoms. The number of hydrogen-bond acceptors (Lipinski definition) is 4. The molecule has 4 rings (SSSR count). The quantitative estimate of drug-likeness (QED) is 0.520. The van der Waals surface area contributed by atoms with Crippen molar-refractivity contribution in [1.82, 2.24) is 24.8 Å². The lowest BCUT2D eigenvalue weighted by Gasteiger charge is -2.37. The Morgan fingerprint density at radius 3 is 2.74 bits per heavy atom. The molecule has 34 heavy (non-hydrogen) atoms. The van der Waals surface area contributed by atoms with E-state index in [0.717, 1.165) is 48.3 Å². The van der Waals surface area contributed by atoms with E-state index in [1.807, 2.05) is 31.3 Å². The van der Waals surface area contributed by atoms with Crippen molar-refractivity contribution in [1.29, 1.82) is 0 Å². The molecule has 1 amide bonds. The van der Waals surface area contributed by atoms with Crippen LogP contribution in [0.15, 0.2) is 61.7 Å². The third-order valence-electron chi connectivity index (χ3n) is 6.44. The Morgan fingerprint density at radius 1 is 1.29 bits per heavy atom. The summed E-state index contributed by atoms with van der Waals surface area (Å²) in [6.45, 7) is 7.90. The molecule has 0 unspecified atom stereocenters. The van der Waals surface area contributed by atoms with Crippen molar-refractivity contribution >= 4 is 17.6 Å². The fourth-order valence-electron chi connectivity index (χ4n) is 4.35. The molecule has 0 saturated carbocycles. The van der Waals surface area contributed by atoms with Gasteiger partial charge in [-0.15, -0.1) is 0 Å². The molecule has 1 N–H and O–H groups in total. The minimum Gasteiger partial charge on any atom is -0.365 e. The number of piperidine rings is 1. The highest BCUT2D eigenvalue weighted by atomic mass is 19.1. The van der Waals surface area contributed by atoms with Crippen LogP contribution in [0.25, 0.3) is 11.6 Å². The first kappa shape index (κ1) is 23.6. The van der Waals surface area contributed by atoms with Crippen LogP contribution in [0.4, 0.5) is 4.39 Å². The standard InChI is InChI=1S/C27H30FN5O/c1-4-20(15-21-7-12-30-19(21)2)22-5-6-25(28)23(16-22)17-33(24-9-13-32(3)14-10-24)27(34)26-8-11-29-18-31-26/h4-8,11-12,15-16,18,24,30H,1,9-10,13-14,17H2,2-3H3/b20-15+. The SMILES string of the molecule is C=C/C(=C\c1cc[nH]c1C)c1ccc(F)c(CN(C(=O)c2ccncn2)C2CCN(C)CC2)c1. The van der Waals surface area contributed by atoms with Crippen molar-refractivity contribution in [3.05, 3.63) is 95.6 Å². The number of aromatic nitrogens is 3. The summed E-state index contributed by atoms with van der Waals surface area (Å²) >= 11 is 0. The Labute approximate surface area is 199 Å². The van der Waals surface area contributed by atoms with Crippen LogP contribution in [-0.4, -0.2) is 56.8 Å². The molecule has 1 fully saturated rings. The Bertz CT molecular complexity index is 1180. The molecule has 0 bridgehead atoms. The molecule has 1 aliphatic heterocycles. The van der Waals surface area contributed by atoms with Gasteiger partial charge in [0, 0.05) is 36.2 Å². The molecule has 0 spiro atoms. The number of rotatable bonds is 7. The number of aromatic amines is 1. The van der Waals surface area contributed by atoms with Crippen molar-refractivity contribution in [3.63, 3.8) is 0 Å². The Balaban J connectivity index is 1.67. The van der Waals surface area contributed by atoms with Gasteiger partial charge in [0.25, 0.3) is 5.91 Å². The summed E-state index contributed by atoms with van der Waals surface area (Å²) in [4.78, 5) is 28.7. The first-order valence-electron chi connectivity index (χ1n) is 11.5. The molecule has 3 heterocycles. The number of allylic oxidation sites excluding steroid dienone is 2. The number of likely N-dealkylation sites (tertiary alicyclic amines) is 1. The lowest BCUT2D eigenvalue weighted by Crippen LogP contribution is -2.46. The Hall–Kier alpha value is -3.58. The fraction of sp³-hybridized carbons (Fsp3) is 0.296. The highest BCUT2D eigenvalue weighted by molar-refractivity contribution is 5.92. The third-order valence-corrected chi connectivity index (χ3v) is 6.44. The van der Waals surface area contributed by atoms with Gasteiger partial charge in [0.2, 0.25) is 0 Å². The van der Waals surface area contributed by atoms with Gasteiger partial charge in [-0.2, -0.15) is 0 Å². The number of carbonyl (C=O) groups is 1. The summed E-state index contributed by atoms with van der Waals surface area (Å²) in [5.74, 6) is -0.539. The maximum atomic E-state index is 15.0. The topological polar surface area (TPSA) is 65.1 Å². The van der Waals surface area contributed by atoms with Gasteiger partial charge >= 0.3 is 0 Å². The zero-order chi connectivity index (χ0) is 24.1. The molecule has 1 saturated heterocycles. The molecule has 176 valence electrons. The number of amides is 1. The van der Waals surface area contributed by atoms with E-state index in [4.69, 9.17) is 0 Å². The van der Waals surface area contributed by atoms with Crippen LogP contribution in [-0.2, 0) is 6.54 Å². The van der Waals surface area contributed by atoms with Crippen LogP contribution >= 0.6 is 0 Å². The summed E-state index contributed by atoms with van der Waals surface area (Å²) < 4.78 is 15.0. The lowest BCUT2D eigenvalue weighted by molar-refractivity contribution is 0.0561. The Kier molecular flexibility index (Phi) is 7.33. The second kappa shape index (κ2) is 10.6. The minimum absolute atomic E-state index is 0.0126. The molecule has 1 aromatic carbocycles. The van der Waals surface area contributed by atoms with E-state index in [2.05, 4.69) is 33.5 Å². The Morgan fingerprint density at radius 2 is 2.09 bits per heavy atom. The van der Waals surface area contributed by atoms with E-state index < -0.39 is 0 Å². The highest BCUT2D eigenvalue weighted by Crippen LogP contribution is 2.26. The van der Waals surface area contributed by atoms with Gasteiger partial charge in [-0.25, -0.2) is 14.4 Å². The van der Waals surface area contributed by atoms with E-state index in [-0.39, 0.29) is 24.3 Å². The number of hydrogen-bond donors (Lipinski definition) is 1. The number of halogens is 1. The first-order chi connectivity index (χ1) is 16.5. The van der Waals surface area contributed by atoms with Crippen LogP contribution in [0.1, 0.15) is 45.7 Å². The second-order valence-electron chi connectivity index (χ2n) is 8.73. The van der Waals surface area contributed by atoms with E-state index in [0.29, 0.717) is 11.3 Å². The summed E-state index contributed by atoms with van der Waals surface area (Å²) in [6, 6.07) is 8.65. The van der Waals surface area contributed by atoms with Crippen molar-refractivity contribution in [3.8, 4) is 0 Å². The summed E-state index contributed by atoms with van der Waals surface area (Å²) in [6.07, 6.45) is 10.3. The summed E-state index contributed by atoms with van der Waals surface area (Å²) in [7, 11) is 2.07. The van der Waals surface area contributed by atoms with Gasteiger partial charge in [0.05, 0.1) is 0 Å². The number of nitrogens with zero attached hydrogens (tertiary/aromatic N) is 4. The highest BCUT2D eigenvalue weighted by Gasteiger charge is 2.29. The molecule has 0 aliphatic carbocycles. The average molecular weight is 460 g/mol. The van der Waals surface area contributed by atoms with Crippen LogP contribution < -0.4 is 0 Å². The van der Waals surface area contributed by atoms with Gasteiger partial charge in [-0.05, 0) is 86.9 Å². The molecular weight excluding hydrogens is 429 g/mol. The van der Waals surface area contributed by atoms with Gasteiger partial charge in [-0.3, -0.25) is 4.79 Å².